The summed E-state index contributed by atoms with van der Waals surface area (Å²) in [5, 5.41) is 10.7. The van der Waals surface area contributed by atoms with Crippen LogP contribution in [-0.4, -0.2) is 18.1 Å². The van der Waals surface area contributed by atoms with E-state index in [2.05, 4.69) is 4.40 Å². The molecule has 0 saturated heterocycles. The molecule has 0 bridgehead atoms. The number of non-ortho nitro benzene ring substituents is 1. The van der Waals surface area contributed by atoms with Crippen molar-refractivity contribution in [3.05, 3.63) is 100 Å². The lowest BCUT2D eigenvalue weighted by Crippen LogP contribution is -2.27. The van der Waals surface area contributed by atoms with E-state index in [1.807, 2.05) is 0 Å². The van der Waals surface area contributed by atoms with E-state index in [4.69, 9.17) is 4.84 Å². The fourth-order valence-corrected chi connectivity index (χ4v) is 3.22. The third-order valence-corrected chi connectivity index (χ3v) is 4.87. The highest BCUT2D eigenvalue weighted by molar-refractivity contribution is 7.90. The number of nitrogens with zero attached hydrogens (tertiary/aromatic N) is 3. The highest BCUT2D eigenvalue weighted by Gasteiger charge is 2.12. The number of hydrogen-bond donors (Lipinski definition) is 0. The van der Waals surface area contributed by atoms with Crippen molar-refractivity contribution in [2.24, 2.45) is 4.40 Å². The first-order valence-electron chi connectivity index (χ1n) is 7.86. The summed E-state index contributed by atoms with van der Waals surface area (Å²) in [5.74, 6) is 0. The molecule has 0 amide bonds. The number of nitro benzene ring substituents is 1. The van der Waals surface area contributed by atoms with E-state index in [0.29, 0.717) is 5.56 Å². The maximum Gasteiger partial charge on any atom is 0.284 e. The van der Waals surface area contributed by atoms with Crippen LogP contribution < -0.4 is 10.3 Å². The first-order valence-corrected chi connectivity index (χ1v) is 9.30. The molecule has 0 unspecified atom stereocenters. The quantitative estimate of drug-likeness (QED) is 0.478. The average Bonchev–Trinajstić information content (AvgIpc) is 2.68. The molecule has 0 N–H and O–H groups in total. The molecule has 3 rings (SSSR count). The van der Waals surface area contributed by atoms with Gasteiger partial charge in [-0.05, 0) is 42.0 Å². The summed E-state index contributed by atoms with van der Waals surface area (Å²) in [6, 6.07) is 18.6. The first-order chi connectivity index (χ1) is 13.0. The van der Waals surface area contributed by atoms with E-state index < -0.39 is 14.9 Å². The van der Waals surface area contributed by atoms with Gasteiger partial charge in [0.25, 0.3) is 15.7 Å². The topological polar surface area (TPSA) is 104 Å². The van der Waals surface area contributed by atoms with Crippen LogP contribution in [0, 0.1) is 10.1 Å². The number of benzene rings is 2. The molecule has 1 heterocycles. The van der Waals surface area contributed by atoms with E-state index in [9.17, 15) is 18.5 Å². The normalized spacial score (nSPS) is 11.9. The van der Waals surface area contributed by atoms with Crippen LogP contribution in [0.15, 0.2) is 88.3 Å². The minimum atomic E-state index is -3.88. The summed E-state index contributed by atoms with van der Waals surface area (Å²) in [7, 11) is -3.88. The number of aromatic nitrogens is 1. The molecule has 0 spiro atoms. The van der Waals surface area contributed by atoms with Crippen molar-refractivity contribution in [2.45, 2.75) is 11.5 Å². The fraction of sp³-hybridized carbons (Fsp3) is 0.0556. The number of rotatable bonds is 6. The van der Waals surface area contributed by atoms with Crippen molar-refractivity contribution in [1.82, 2.24) is 4.73 Å². The lowest BCUT2D eigenvalue weighted by atomic mass is 10.2. The Kier molecular flexibility index (Phi) is 5.32. The van der Waals surface area contributed by atoms with E-state index in [1.165, 1.54) is 41.3 Å². The zero-order chi connectivity index (χ0) is 19.3. The van der Waals surface area contributed by atoms with Gasteiger partial charge in [0.2, 0.25) is 0 Å². The minimum Gasteiger partial charge on any atom is -0.408 e. The van der Waals surface area contributed by atoms with Gasteiger partial charge in [0, 0.05) is 18.3 Å². The van der Waals surface area contributed by atoms with Gasteiger partial charge in [-0.15, -0.1) is 4.40 Å². The molecule has 0 saturated carbocycles. The largest absolute Gasteiger partial charge is 0.408 e. The molecule has 0 radical (unpaired) electrons. The van der Waals surface area contributed by atoms with Crippen molar-refractivity contribution in [3.63, 3.8) is 0 Å². The molecule has 1 aromatic heterocycles. The van der Waals surface area contributed by atoms with E-state index >= 15 is 0 Å². The third kappa shape index (κ3) is 4.59. The minimum absolute atomic E-state index is 0.0178. The summed E-state index contributed by atoms with van der Waals surface area (Å²) < 4.78 is 29.9. The second-order valence-electron chi connectivity index (χ2n) is 5.46. The van der Waals surface area contributed by atoms with Crippen LogP contribution in [0.25, 0.3) is 0 Å². The van der Waals surface area contributed by atoms with E-state index in [0.717, 1.165) is 0 Å². The van der Waals surface area contributed by atoms with Crippen LogP contribution in [0.5, 0.6) is 0 Å². The molecule has 27 heavy (non-hydrogen) atoms. The summed E-state index contributed by atoms with van der Waals surface area (Å²) in [5.41, 5.74) is 0.771. The van der Waals surface area contributed by atoms with Gasteiger partial charge >= 0.3 is 0 Å². The van der Waals surface area contributed by atoms with Crippen molar-refractivity contribution in [2.75, 3.05) is 0 Å². The molecule has 0 aliphatic rings. The summed E-state index contributed by atoms with van der Waals surface area (Å²) in [4.78, 5) is 15.9. The van der Waals surface area contributed by atoms with Gasteiger partial charge in [-0.3, -0.25) is 10.1 Å². The van der Waals surface area contributed by atoms with Crippen molar-refractivity contribution >= 4 is 15.7 Å². The molecule has 0 aliphatic heterocycles. The molecule has 138 valence electrons. The predicted octanol–water partition coefficient (Wildman–Crippen LogP) is 2.31. The third-order valence-electron chi connectivity index (χ3n) is 3.58. The van der Waals surface area contributed by atoms with Gasteiger partial charge in [-0.1, -0.05) is 24.3 Å². The van der Waals surface area contributed by atoms with E-state index in [-0.39, 0.29) is 22.7 Å². The first kappa shape index (κ1) is 18.3. The Hall–Kier alpha value is -3.46. The highest BCUT2D eigenvalue weighted by Crippen LogP contribution is 2.12. The Bertz CT molecular complexity index is 1110. The number of pyridine rings is 1. The maximum absolute atomic E-state index is 12.4. The van der Waals surface area contributed by atoms with Crippen LogP contribution in [0.1, 0.15) is 5.56 Å². The Labute approximate surface area is 155 Å². The molecular weight excluding hydrogens is 370 g/mol. The van der Waals surface area contributed by atoms with E-state index in [1.54, 1.807) is 42.5 Å². The summed E-state index contributed by atoms with van der Waals surface area (Å²) in [6.45, 7) is 0.0839. The number of hydrogen-bond acceptors (Lipinski definition) is 5. The second-order valence-corrected chi connectivity index (χ2v) is 7.07. The van der Waals surface area contributed by atoms with Crippen LogP contribution in [0.2, 0.25) is 0 Å². The SMILES string of the molecule is O=[N+]([O-])c1ccc(COn2ccccc2=NS(=O)(=O)c2ccccc2)cc1. The van der Waals surface area contributed by atoms with Crippen molar-refractivity contribution < 1.29 is 18.2 Å². The van der Waals surface area contributed by atoms with Crippen LogP contribution >= 0.6 is 0 Å². The summed E-state index contributed by atoms with van der Waals surface area (Å²) in [6.07, 6.45) is 1.53. The zero-order valence-electron chi connectivity index (χ0n) is 14.0. The predicted molar refractivity (Wildman–Crippen MR) is 97.0 cm³/mol. The van der Waals surface area contributed by atoms with Crippen molar-refractivity contribution in [1.29, 1.82) is 0 Å². The monoisotopic (exact) mass is 385 g/mol. The molecule has 8 nitrogen and oxygen atoms in total. The average molecular weight is 385 g/mol. The maximum atomic E-state index is 12.4. The lowest BCUT2D eigenvalue weighted by Gasteiger charge is -2.09. The Balaban J connectivity index is 1.85. The van der Waals surface area contributed by atoms with Gasteiger partial charge in [-0.2, -0.15) is 13.1 Å². The van der Waals surface area contributed by atoms with Gasteiger partial charge in [-0.25, -0.2) is 0 Å². The fourth-order valence-electron chi connectivity index (χ4n) is 2.23. The molecule has 0 atom stereocenters. The standard InChI is InChI=1S/C18H15N3O5S/c22-21(23)16-11-9-15(10-12-16)14-26-20-13-5-4-8-18(20)19-27(24,25)17-6-2-1-3-7-17/h1-13H,14H2. The second kappa shape index (κ2) is 7.83. The number of sulfonamides is 1. The molecule has 0 fully saturated rings. The Morgan fingerprint density at radius 2 is 1.63 bits per heavy atom. The van der Waals surface area contributed by atoms with Gasteiger partial charge < -0.3 is 4.84 Å². The molecule has 9 heteroatoms. The van der Waals surface area contributed by atoms with Gasteiger partial charge in [0.1, 0.15) is 6.61 Å². The molecule has 0 aliphatic carbocycles. The molecule has 2 aromatic carbocycles. The van der Waals surface area contributed by atoms with Crippen LogP contribution in [0.4, 0.5) is 5.69 Å². The van der Waals surface area contributed by atoms with Gasteiger partial charge in [0.05, 0.1) is 9.82 Å². The molecular formula is C18H15N3O5S. The van der Waals surface area contributed by atoms with Crippen LogP contribution in [0.3, 0.4) is 0 Å². The number of nitro groups is 1. The van der Waals surface area contributed by atoms with Crippen molar-refractivity contribution in [3.8, 4) is 0 Å². The van der Waals surface area contributed by atoms with Gasteiger partial charge in [0.15, 0.2) is 5.49 Å². The lowest BCUT2D eigenvalue weighted by molar-refractivity contribution is -0.384. The smallest absolute Gasteiger partial charge is 0.284 e. The Morgan fingerprint density at radius 3 is 2.30 bits per heavy atom. The molecule has 3 aromatic rings. The Morgan fingerprint density at radius 1 is 0.963 bits per heavy atom. The zero-order valence-corrected chi connectivity index (χ0v) is 14.8. The van der Waals surface area contributed by atoms with Crippen LogP contribution in [-0.2, 0) is 16.6 Å². The summed E-state index contributed by atoms with van der Waals surface area (Å²) >= 11 is 0. The highest BCUT2D eigenvalue weighted by atomic mass is 32.2.